The van der Waals surface area contributed by atoms with Crippen molar-refractivity contribution in [2.24, 2.45) is 0 Å². The zero-order valence-electron chi connectivity index (χ0n) is 9.31. The van der Waals surface area contributed by atoms with E-state index in [4.69, 9.17) is 4.74 Å². The van der Waals surface area contributed by atoms with Gasteiger partial charge in [0, 0.05) is 20.2 Å². The van der Waals surface area contributed by atoms with Crippen molar-refractivity contribution in [3.63, 3.8) is 0 Å². The molecule has 1 saturated heterocycles. The van der Waals surface area contributed by atoms with Crippen molar-refractivity contribution in [2.45, 2.75) is 25.0 Å². The number of aliphatic hydroxyl groups excluding tert-OH is 1. The Bertz CT molecular complexity index is 210. The van der Waals surface area contributed by atoms with E-state index >= 15 is 0 Å². The summed E-state index contributed by atoms with van der Waals surface area (Å²) in [5.41, 5.74) is 0. The van der Waals surface area contributed by atoms with E-state index in [1.165, 1.54) is 7.11 Å². The molecule has 0 aromatic heterocycles. The fourth-order valence-corrected chi connectivity index (χ4v) is 1.70. The van der Waals surface area contributed by atoms with Gasteiger partial charge in [-0.15, -0.1) is 0 Å². The van der Waals surface area contributed by atoms with Gasteiger partial charge in [0.2, 0.25) is 0 Å². The first-order valence-electron chi connectivity index (χ1n) is 5.18. The van der Waals surface area contributed by atoms with Crippen LogP contribution >= 0.6 is 0 Å². The number of hydrogen-bond acceptors (Lipinski definition) is 5. The Morgan fingerprint density at radius 1 is 1.60 bits per heavy atom. The number of carbonyl (C=O) groups is 1. The molecule has 1 N–H and O–H groups in total. The topological polar surface area (TPSA) is 59.0 Å². The van der Waals surface area contributed by atoms with Gasteiger partial charge in [-0.1, -0.05) is 0 Å². The van der Waals surface area contributed by atoms with Gasteiger partial charge >= 0.3 is 5.97 Å². The molecule has 2 unspecified atom stereocenters. The molecule has 1 fully saturated rings. The second-order valence-electron chi connectivity index (χ2n) is 3.76. The summed E-state index contributed by atoms with van der Waals surface area (Å²) in [6, 6.07) is -0.107. The minimum atomic E-state index is -0.450. The molecule has 0 bridgehead atoms. The highest BCUT2D eigenvalue weighted by Gasteiger charge is 2.34. The predicted molar refractivity (Wildman–Crippen MR) is 54.5 cm³/mol. The largest absolute Gasteiger partial charge is 0.468 e. The van der Waals surface area contributed by atoms with Gasteiger partial charge in [0.15, 0.2) is 0 Å². The predicted octanol–water partition coefficient (Wildman–Crippen LogP) is -0.369. The average molecular weight is 217 g/mol. The molecule has 0 saturated carbocycles. The molecule has 1 aliphatic heterocycles. The highest BCUT2D eigenvalue weighted by Crippen LogP contribution is 2.18. The van der Waals surface area contributed by atoms with Gasteiger partial charge in [-0.2, -0.15) is 0 Å². The van der Waals surface area contributed by atoms with Gasteiger partial charge in [0.1, 0.15) is 6.04 Å². The van der Waals surface area contributed by atoms with E-state index in [-0.39, 0.29) is 12.0 Å². The normalized spacial score (nSPS) is 23.3. The first kappa shape index (κ1) is 12.4. The van der Waals surface area contributed by atoms with E-state index in [1.54, 1.807) is 7.11 Å². The molecule has 1 rings (SSSR count). The minimum Gasteiger partial charge on any atom is -0.468 e. The smallest absolute Gasteiger partial charge is 0.323 e. The third-order valence-corrected chi connectivity index (χ3v) is 2.71. The van der Waals surface area contributed by atoms with Crippen molar-refractivity contribution in [2.75, 3.05) is 33.9 Å². The quantitative estimate of drug-likeness (QED) is 0.615. The summed E-state index contributed by atoms with van der Waals surface area (Å²) in [6.45, 7) is 1.96. The number of ether oxygens (including phenoxy) is 2. The molecule has 0 amide bonds. The first-order chi connectivity index (χ1) is 7.19. The van der Waals surface area contributed by atoms with Gasteiger partial charge in [-0.05, 0) is 12.8 Å². The summed E-state index contributed by atoms with van der Waals surface area (Å²) >= 11 is 0. The maximum atomic E-state index is 11.2. The van der Waals surface area contributed by atoms with Crippen LogP contribution in [0.1, 0.15) is 12.8 Å². The van der Waals surface area contributed by atoms with Crippen molar-refractivity contribution in [1.29, 1.82) is 0 Å². The fourth-order valence-electron chi connectivity index (χ4n) is 1.70. The number of likely N-dealkylation sites (tertiary alicyclic amines) is 1. The van der Waals surface area contributed by atoms with Crippen LogP contribution < -0.4 is 0 Å². The molecule has 0 aliphatic carbocycles. The Morgan fingerprint density at radius 3 is 2.80 bits per heavy atom. The molecular weight excluding hydrogens is 198 g/mol. The van der Waals surface area contributed by atoms with Gasteiger partial charge in [0.25, 0.3) is 0 Å². The van der Waals surface area contributed by atoms with Crippen molar-refractivity contribution in [1.82, 2.24) is 4.90 Å². The van der Waals surface area contributed by atoms with Crippen LogP contribution in [0, 0.1) is 0 Å². The van der Waals surface area contributed by atoms with Crippen molar-refractivity contribution < 1.29 is 19.4 Å². The highest BCUT2D eigenvalue weighted by atomic mass is 16.5. The lowest BCUT2D eigenvalue weighted by molar-refractivity contribution is -0.152. The van der Waals surface area contributed by atoms with E-state index in [2.05, 4.69) is 4.74 Å². The number of nitrogens with zero attached hydrogens (tertiary/aromatic N) is 1. The van der Waals surface area contributed by atoms with Crippen LogP contribution in [0.25, 0.3) is 0 Å². The lowest BCUT2D eigenvalue weighted by Crippen LogP contribution is -2.53. The average Bonchev–Trinajstić information content (AvgIpc) is 2.16. The molecule has 1 heterocycles. The van der Waals surface area contributed by atoms with Crippen LogP contribution in [0.5, 0.6) is 0 Å². The van der Waals surface area contributed by atoms with Crippen LogP contribution in [0.15, 0.2) is 0 Å². The standard InChI is InChI=1S/C10H19NO4/c1-14-7-8(12)3-5-11-6-4-9(11)10(13)15-2/h8-9,12H,3-7H2,1-2H3. The Morgan fingerprint density at radius 2 is 2.33 bits per heavy atom. The molecule has 5 heteroatoms. The number of esters is 1. The SMILES string of the molecule is COCC(O)CCN1CCC1C(=O)OC. The van der Waals surface area contributed by atoms with Crippen molar-refractivity contribution in [3.05, 3.63) is 0 Å². The molecule has 0 spiro atoms. The first-order valence-corrected chi connectivity index (χ1v) is 5.18. The summed E-state index contributed by atoms with van der Waals surface area (Å²) in [5.74, 6) is -0.178. The molecule has 0 radical (unpaired) electrons. The van der Waals surface area contributed by atoms with Crippen LogP contribution in [0.2, 0.25) is 0 Å². The molecular formula is C10H19NO4. The molecule has 15 heavy (non-hydrogen) atoms. The summed E-state index contributed by atoms with van der Waals surface area (Å²) in [4.78, 5) is 13.2. The summed E-state index contributed by atoms with van der Waals surface area (Å²) in [5, 5.41) is 9.43. The monoisotopic (exact) mass is 217 g/mol. The maximum Gasteiger partial charge on any atom is 0.323 e. The Balaban J connectivity index is 2.19. The zero-order valence-corrected chi connectivity index (χ0v) is 9.31. The molecule has 0 aromatic carbocycles. The Labute approximate surface area is 90.0 Å². The highest BCUT2D eigenvalue weighted by molar-refractivity contribution is 5.76. The number of carbonyl (C=O) groups excluding carboxylic acids is 1. The van der Waals surface area contributed by atoms with Crippen LogP contribution in [-0.2, 0) is 14.3 Å². The van der Waals surface area contributed by atoms with Gasteiger partial charge in [0.05, 0.1) is 19.8 Å². The number of methoxy groups -OCH3 is 2. The second-order valence-corrected chi connectivity index (χ2v) is 3.76. The van der Waals surface area contributed by atoms with Crippen LogP contribution in [-0.4, -0.2) is 62.0 Å². The van der Waals surface area contributed by atoms with Crippen LogP contribution in [0.4, 0.5) is 0 Å². The summed E-state index contributed by atoms with van der Waals surface area (Å²) in [6.07, 6.45) is 1.03. The van der Waals surface area contributed by atoms with Crippen molar-refractivity contribution in [3.8, 4) is 0 Å². The Kier molecular flexibility index (Phi) is 5.01. The number of rotatable bonds is 6. The summed E-state index contributed by atoms with van der Waals surface area (Å²) < 4.78 is 9.49. The van der Waals surface area contributed by atoms with E-state index in [0.717, 1.165) is 13.0 Å². The maximum absolute atomic E-state index is 11.2. The van der Waals surface area contributed by atoms with E-state index in [9.17, 15) is 9.90 Å². The van der Waals surface area contributed by atoms with Gasteiger partial charge in [-0.25, -0.2) is 0 Å². The van der Waals surface area contributed by atoms with Crippen molar-refractivity contribution >= 4 is 5.97 Å². The van der Waals surface area contributed by atoms with E-state index in [1.807, 2.05) is 4.90 Å². The van der Waals surface area contributed by atoms with Crippen LogP contribution in [0.3, 0.4) is 0 Å². The lowest BCUT2D eigenvalue weighted by Gasteiger charge is -2.39. The third-order valence-electron chi connectivity index (χ3n) is 2.71. The number of aliphatic hydroxyl groups is 1. The molecule has 2 atom stereocenters. The molecule has 1 aliphatic rings. The van der Waals surface area contributed by atoms with E-state index in [0.29, 0.717) is 19.6 Å². The third kappa shape index (κ3) is 3.44. The Hall–Kier alpha value is -0.650. The number of hydrogen-bond donors (Lipinski definition) is 1. The minimum absolute atomic E-state index is 0.107. The summed E-state index contributed by atoms with van der Waals surface area (Å²) in [7, 11) is 2.96. The molecule has 0 aromatic rings. The zero-order chi connectivity index (χ0) is 11.3. The second kappa shape index (κ2) is 6.05. The molecule has 88 valence electrons. The van der Waals surface area contributed by atoms with Gasteiger partial charge < -0.3 is 14.6 Å². The van der Waals surface area contributed by atoms with E-state index < -0.39 is 6.10 Å². The lowest BCUT2D eigenvalue weighted by atomic mass is 10.0. The fraction of sp³-hybridized carbons (Fsp3) is 0.900. The molecule has 5 nitrogen and oxygen atoms in total. The van der Waals surface area contributed by atoms with Gasteiger partial charge in [-0.3, -0.25) is 9.69 Å².